The van der Waals surface area contributed by atoms with Gasteiger partial charge in [-0.25, -0.2) is 4.68 Å². The lowest BCUT2D eigenvalue weighted by Gasteiger charge is -2.08. The lowest BCUT2D eigenvalue weighted by Crippen LogP contribution is -2.01. The first kappa shape index (κ1) is 16.8. The van der Waals surface area contributed by atoms with Crippen molar-refractivity contribution in [1.82, 2.24) is 14.9 Å². The van der Waals surface area contributed by atoms with Gasteiger partial charge in [0, 0.05) is 5.56 Å². The van der Waals surface area contributed by atoms with Gasteiger partial charge in [-0.1, -0.05) is 24.2 Å². The third kappa shape index (κ3) is 2.88. The van der Waals surface area contributed by atoms with Crippen LogP contribution in [0.3, 0.4) is 0 Å². The van der Waals surface area contributed by atoms with Crippen LogP contribution in [-0.4, -0.2) is 31.5 Å². The Morgan fingerprint density at radius 2 is 1.88 bits per heavy atom. The van der Waals surface area contributed by atoms with Crippen LogP contribution in [0.25, 0.3) is 16.9 Å². The van der Waals surface area contributed by atoms with E-state index in [1.54, 1.807) is 28.9 Å². The van der Waals surface area contributed by atoms with Gasteiger partial charge in [-0.05, 0) is 44.0 Å². The summed E-state index contributed by atoms with van der Waals surface area (Å²) < 4.78 is 7.09. The van der Waals surface area contributed by atoms with Crippen molar-refractivity contribution in [3.63, 3.8) is 0 Å². The molecule has 0 amide bonds. The Bertz CT molecular complexity index is 901. The SMILES string of the molecule is Cc1noc(C)c1-c1c(/C=N\O)c(C(C)C)nn1-c1ccc(O)cc1. The Hall–Kier alpha value is -3.09. The van der Waals surface area contributed by atoms with E-state index in [4.69, 9.17) is 14.8 Å². The molecule has 2 heterocycles. The highest BCUT2D eigenvalue weighted by Crippen LogP contribution is 2.35. The molecule has 0 aliphatic heterocycles. The molecule has 0 unspecified atom stereocenters. The molecular formula is C18H20N4O3. The van der Waals surface area contributed by atoms with Crippen LogP contribution < -0.4 is 0 Å². The zero-order valence-electron chi connectivity index (χ0n) is 14.6. The number of phenols is 1. The molecule has 0 fully saturated rings. The first-order chi connectivity index (χ1) is 11.9. The van der Waals surface area contributed by atoms with Crippen LogP contribution in [-0.2, 0) is 0 Å². The highest BCUT2D eigenvalue weighted by molar-refractivity contribution is 5.92. The number of aryl methyl sites for hydroxylation is 2. The maximum atomic E-state index is 9.57. The predicted molar refractivity (Wildman–Crippen MR) is 93.7 cm³/mol. The average molecular weight is 340 g/mol. The normalized spacial score (nSPS) is 11.7. The Morgan fingerprint density at radius 3 is 2.40 bits per heavy atom. The molecule has 3 rings (SSSR count). The molecule has 2 aromatic heterocycles. The minimum absolute atomic E-state index is 0.116. The second-order valence-corrected chi connectivity index (χ2v) is 6.17. The van der Waals surface area contributed by atoms with Crippen LogP contribution in [0.5, 0.6) is 5.75 Å². The second kappa shape index (κ2) is 6.43. The van der Waals surface area contributed by atoms with Crippen LogP contribution >= 0.6 is 0 Å². The molecule has 7 heteroatoms. The summed E-state index contributed by atoms with van der Waals surface area (Å²) in [6, 6.07) is 6.74. The lowest BCUT2D eigenvalue weighted by atomic mass is 10.00. The predicted octanol–water partition coefficient (Wildman–Crippen LogP) is 3.78. The van der Waals surface area contributed by atoms with Gasteiger partial charge in [-0.2, -0.15) is 5.10 Å². The molecule has 0 spiro atoms. The number of aromatic hydroxyl groups is 1. The van der Waals surface area contributed by atoms with E-state index in [9.17, 15) is 5.11 Å². The third-order valence-electron chi connectivity index (χ3n) is 4.05. The highest BCUT2D eigenvalue weighted by Gasteiger charge is 2.25. The zero-order valence-corrected chi connectivity index (χ0v) is 14.6. The number of hydrogen-bond acceptors (Lipinski definition) is 6. The minimum atomic E-state index is 0.116. The Morgan fingerprint density at radius 1 is 1.20 bits per heavy atom. The van der Waals surface area contributed by atoms with Crippen molar-refractivity contribution in [3.8, 4) is 22.7 Å². The van der Waals surface area contributed by atoms with Gasteiger partial charge in [0.05, 0.1) is 34.5 Å². The smallest absolute Gasteiger partial charge is 0.143 e. The fraction of sp³-hybridized carbons (Fsp3) is 0.278. The summed E-state index contributed by atoms with van der Waals surface area (Å²) in [5, 5.41) is 30.7. The monoisotopic (exact) mass is 340 g/mol. The summed E-state index contributed by atoms with van der Waals surface area (Å²) in [6.45, 7) is 7.73. The number of aromatic nitrogens is 3. The Kier molecular flexibility index (Phi) is 4.31. The van der Waals surface area contributed by atoms with Crippen LogP contribution in [0.15, 0.2) is 33.9 Å². The van der Waals surface area contributed by atoms with E-state index in [-0.39, 0.29) is 11.7 Å². The molecule has 0 saturated carbocycles. The summed E-state index contributed by atoms with van der Waals surface area (Å²) in [5.41, 5.74) is 4.54. The summed E-state index contributed by atoms with van der Waals surface area (Å²) in [7, 11) is 0. The second-order valence-electron chi connectivity index (χ2n) is 6.17. The van der Waals surface area contributed by atoms with Gasteiger partial charge in [0.25, 0.3) is 0 Å². The molecule has 0 atom stereocenters. The van der Waals surface area contributed by atoms with Crippen molar-refractivity contribution in [3.05, 3.63) is 47.0 Å². The van der Waals surface area contributed by atoms with E-state index in [0.29, 0.717) is 11.3 Å². The number of rotatable bonds is 4. The molecule has 2 N–H and O–H groups in total. The first-order valence-electron chi connectivity index (χ1n) is 7.97. The van der Waals surface area contributed by atoms with Crippen molar-refractivity contribution in [1.29, 1.82) is 0 Å². The van der Waals surface area contributed by atoms with Crippen molar-refractivity contribution >= 4 is 6.21 Å². The molecule has 0 aliphatic rings. The van der Waals surface area contributed by atoms with Gasteiger partial charge in [0.2, 0.25) is 0 Å². The summed E-state index contributed by atoms with van der Waals surface area (Å²) in [4.78, 5) is 0. The molecule has 25 heavy (non-hydrogen) atoms. The molecule has 0 aliphatic carbocycles. The van der Waals surface area contributed by atoms with Crippen molar-refractivity contribution in [2.45, 2.75) is 33.6 Å². The minimum Gasteiger partial charge on any atom is -0.508 e. The van der Waals surface area contributed by atoms with Crippen LogP contribution in [0, 0.1) is 13.8 Å². The number of hydrogen-bond donors (Lipinski definition) is 2. The first-order valence-corrected chi connectivity index (χ1v) is 7.97. The van der Waals surface area contributed by atoms with E-state index in [2.05, 4.69) is 10.3 Å². The lowest BCUT2D eigenvalue weighted by molar-refractivity contribution is 0.322. The molecule has 7 nitrogen and oxygen atoms in total. The summed E-state index contributed by atoms with van der Waals surface area (Å²) in [5.74, 6) is 0.946. The van der Waals surface area contributed by atoms with Crippen LogP contribution in [0.1, 0.15) is 42.5 Å². The van der Waals surface area contributed by atoms with Gasteiger partial charge in [-0.3, -0.25) is 0 Å². The Balaban J connectivity index is 2.38. The van der Waals surface area contributed by atoms with E-state index in [1.807, 2.05) is 27.7 Å². The van der Waals surface area contributed by atoms with Crippen molar-refractivity contribution < 1.29 is 14.8 Å². The van der Waals surface area contributed by atoms with Gasteiger partial charge < -0.3 is 14.8 Å². The topological polar surface area (TPSA) is 96.7 Å². The van der Waals surface area contributed by atoms with Crippen molar-refractivity contribution in [2.24, 2.45) is 5.16 Å². The summed E-state index contributed by atoms with van der Waals surface area (Å²) >= 11 is 0. The molecule has 0 radical (unpaired) electrons. The van der Waals surface area contributed by atoms with Crippen LogP contribution in [0.4, 0.5) is 0 Å². The number of oxime groups is 1. The summed E-state index contributed by atoms with van der Waals surface area (Å²) in [6.07, 6.45) is 1.39. The maximum absolute atomic E-state index is 9.57. The van der Waals surface area contributed by atoms with E-state index < -0.39 is 0 Å². The fourth-order valence-corrected chi connectivity index (χ4v) is 2.90. The molecular weight excluding hydrogens is 320 g/mol. The standard InChI is InChI=1S/C18H20N4O3/c1-10(2)17-15(9-19-24)18(16-11(3)21-25-12(16)4)22(20-17)13-5-7-14(23)8-6-13/h5-10,23-24H,1-4H3/b19-9-. The van der Waals surface area contributed by atoms with Gasteiger partial charge in [0.1, 0.15) is 11.5 Å². The number of phenolic OH excluding ortho intramolecular Hbond substituents is 1. The largest absolute Gasteiger partial charge is 0.508 e. The molecule has 1 aromatic carbocycles. The molecule has 0 saturated heterocycles. The maximum Gasteiger partial charge on any atom is 0.143 e. The van der Waals surface area contributed by atoms with E-state index >= 15 is 0 Å². The zero-order chi connectivity index (χ0) is 18.1. The molecule has 0 bridgehead atoms. The van der Waals surface area contributed by atoms with E-state index in [0.717, 1.165) is 28.3 Å². The molecule has 3 aromatic rings. The number of nitrogens with zero attached hydrogens (tertiary/aromatic N) is 4. The average Bonchev–Trinajstić information content (AvgIpc) is 3.09. The van der Waals surface area contributed by atoms with Gasteiger partial charge in [0.15, 0.2) is 0 Å². The fourth-order valence-electron chi connectivity index (χ4n) is 2.90. The third-order valence-corrected chi connectivity index (χ3v) is 4.05. The van der Waals surface area contributed by atoms with Gasteiger partial charge >= 0.3 is 0 Å². The van der Waals surface area contributed by atoms with Crippen LogP contribution in [0.2, 0.25) is 0 Å². The van der Waals surface area contributed by atoms with Crippen molar-refractivity contribution in [2.75, 3.05) is 0 Å². The van der Waals surface area contributed by atoms with E-state index in [1.165, 1.54) is 6.21 Å². The highest BCUT2D eigenvalue weighted by atomic mass is 16.5. The van der Waals surface area contributed by atoms with Gasteiger partial charge in [-0.15, -0.1) is 0 Å². The molecule has 130 valence electrons. The Labute approximate surface area is 145 Å². The quantitative estimate of drug-likeness (QED) is 0.428. The number of benzene rings is 1.